The van der Waals surface area contributed by atoms with Crippen molar-refractivity contribution in [2.45, 2.75) is 84.7 Å². The number of alkyl carbamates (subject to hydrolysis) is 1. The molecule has 1 aromatic heterocycles. The highest BCUT2D eigenvalue weighted by Gasteiger charge is 2.29. The smallest absolute Gasteiger partial charge is 0.410 e. The highest BCUT2D eigenvalue weighted by atomic mass is 16.6. The van der Waals surface area contributed by atoms with E-state index in [0.29, 0.717) is 39.0 Å². The summed E-state index contributed by atoms with van der Waals surface area (Å²) in [6.45, 7) is 12.8. The quantitative estimate of drug-likeness (QED) is 0.689. The number of aromatic nitrogens is 3. The summed E-state index contributed by atoms with van der Waals surface area (Å²) in [6, 6.07) is 7.62. The van der Waals surface area contributed by atoms with Gasteiger partial charge in [0.1, 0.15) is 17.5 Å². The van der Waals surface area contributed by atoms with Crippen molar-refractivity contribution in [2.75, 3.05) is 13.1 Å². The molecule has 0 radical (unpaired) electrons. The number of hydrogen-bond donors (Lipinski definition) is 1. The second kappa shape index (κ2) is 10.5. The van der Waals surface area contributed by atoms with Gasteiger partial charge in [-0.15, -0.1) is 0 Å². The van der Waals surface area contributed by atoms with E-state index in [1.807, 2.05) is 65.8 Å². The van der Waals surface area contributed by atoms with Gasteiger partial charge in [0.25, 0.3) is 0 Å². The van der Waals surface area contributed by atoms with Crippen LogP contribution in [0.15, 0.2) is 35.4 Å². The Bertz CT molecular complexity index is 1070. The minimum atomic E-state index is -0.541. The van der Waals surface area contributed by atoms with Gasteiger partial charge in [-0.05, 0) is 65.5 Å². The first-order valence-electron chi connectivity index (χ1n) is 12.0. The summed E-state index contributed by atoms with van der Waals surface area (Å²) < 4.78 is 13.8. The van der Waals surface area contributed by atoms with Crippen LogP contribution in [-0.2, 0) is 22.6 Å². The van der Waals surface area contributed by atoms with E-state index in [1.54, 1.807) is 15.8 Å². The lowest BCUT2D eigenvalue weighted by atomic mass is 10.1. The molecule has 3 rings (SSSR count). The van der Waals surface area contributed by atoms with Crippen LogP contribution in [0.1, 0.15) is 71.6 Å². The molecule has 1 aliphatic heterocycles. The number of hydrogen-bond acceptors (Lipinski definition) is 6. The average molecular weight is 488 g/mol. The van der Waals surface area contributed by atoms with Crippen molar-refractivity contribution in [1.29, 1.82) is 0 Å². The van der Waals surface area contributed by atoms with Gasteiger partial charge in [-0.3, -0.25) is 4.57 Å². The molecule has 1 aliphatic rings. The molecular weight excluding hydrogens is 450 g/mol. The van der Waals surface area contributed by atoms with Crippen molar-refractivity contribution >= 4 is 12.2 Å². The molecule has 10 nitrogen and oxygen atoms in total. The lowest BCUT2D eigenvalue weighted by Crippen LogP contribution is -2.43. The maximum absolute atomic E-state index is 12.9. The maximum Gasteiger partial charge on any atom is 0.410 e. The van der Waals surface area contributed by atoms with Gasteiger partial charge in [-0.25, -0.2) is 19.1 Å². The van der Waals surface area contributed by atoms with Gasteiger partial charge in [0.05, 0.1) is 12.6 Å². The van der Waals surface area contributed by atoms with Gasteiger partial charge in [0.15, 0.2) is 0 Å². The largest absolute Gasteiger partial charge is 0.444 e. The second-order valence-corrected chi connectivity index (χ2v) is 10.9. The van der Waals surface area contributed by atoms with E-state index in [9.17, 15) is 14.4 Å². The molecule has 2 amide bonds. The Balaban J connectivity index is 1.53. The van der Waals surface area contributed by atoms with Gasteiger partial charge >= 0.3 is 17.9 Å². The lowest BCUT2D eigenvalue weighted by Gasteiger charge is -2.33. The molecule has 0 aliphatic carbocycles. The number of rotatable bonds is 5. The van der Waals surface area contributed by atoms with Gasteiger partial charge < -0.3 is 19.7 Å². The van der Waals surface area contributed by atoms with Crippen molar-refractivity contribution in [3.63, 3.8) is 0 Å². The topological polar surface area (TPSA) is 108 Å². The molecule has 1 saturated heterocycles. The Hall–Kier alpha value is -3.30. The Morgan fingerprint density at radius 1 is 0.971 bits per heavy atom. The summed E-state index contributed by atoms with van der Waals surface area (Å²) in [7, 11) is 0. The van der Waals surface area contributed by atoms with Crippen LogP contribution < -0.4 is 11.0 Å². The fraction of sp³-hybridized carbons (Fsp3) is 0.600. The SMILES string of the molecule is CC(C)(C)OC(=O)NCc1ccc(Cn2cnn(C3CCN(C(=O)OC(C)(C)C)CC3)c2=O)cc1. The molecule has 0 unspecified atom stereocenters. The zero-order chi connectivity index (χ0) is 25.8. The van der Waals surface area contributed by atoms with Crippen molar-refractivity contribution in [3.8, 4) is 0 Å². The van der Waals surface area contributed by atoms with Crippen LogP contribution >= 0.6 is 0 Å². The number of benzene rings is 1. The van der Waals surface area contributed by atoms with E-state index < -0.39 is 17.3 Å². The number of carbonyl (C=O) groups excluding carboxylic acids is 2. The Morgan fingerprint density at radius 3 is 2.11 bits per heavy atom. The molecule has 1 N–H and O–H groups in total. The van der Waals surface area contributed by atoms with Crippen molar-refractivity contribution in [2.24, 2.45) is 0 Å². The summed E-state index contributed by atoms with van der Waals surface area (Å²) in [5, 5.41) is 7.06. The fourth-order valence-electron chi connectivity index (χ4n) is 3.77. The van der Waals surface area contributed by atoms with Crippen molar-refractivity contribution in [3.05, 3.63) is 52.2 Å². The minimum Gasteiger partial charge on any atom is -0.444 e. The molecule has 0 spiro atoms. The number of piperidine rings is 1. The molecular formula is C25H37N5O5. The highest BCUT2D eigenvalue weighted by molar-refractivity contribution is 5.68. The first kappa shape index (κ1) is 26.3. The third-order valence-electron chi connectivity index (χ3n) is 5.43. The molecule has 10 heteroatoms. The molecule has 1 aromatic carbocycles. The molecule has 192 valence electrons. The molecule has 1 fully saturated rings. The number of carbonyl (C=O) groups is 2. The number of ether oxygens (including phenoxy) is 2. The zero-order valence-corrected chi connectivity index (χ0v) is 21.5. The van der Waals surface area contributed by atoms with Crippen LogP contribution in [0.5, 0.6) is 0 Å². The van der Waals surface area contributed by atoms with Crippen LogP contribution in [0, 0.1) is 0 Å². The number of amides is 2. The number of nitrogens with one attached hydrogen (secondary N) is 1. The third kappa shape index (κ3) is 7.87. The Labute approximate surface area is 206 Å². The zero-order valence-electron chi connectivity index (χ0n) is 21.5. The highest BCUT2D eigenvalue weighted by Crippen LogP contribution is 2.22. The van der Waals surface area contributed by atoms with E-state index in [-0.39, 0.29) is 17.8 Å². The molecule has 0 atom stereocenters. The number of likely N-dealkylation sites (tertiary alicyclic amines) is 1. The summed E-state index contributed by atoms with van der Waals surface area (Å²) in [4.78, 5) is 38.7. The summed E-state index contributed by atoms with van der Waals surface area (Å²) in [5.74, 6) is 0. The lowest BCUT2D eigenvalue weighted by molar-refractivity contribution is 0.0183. The van der Waals surface area contributed by atoms with E-state index in [1.165, 1.54) is 4.68 Å². The maximum atomic E-state index is 12.9. The molecule has 2 heterocycles. The predicted octanol–water partition coefficient (Wildman–Crippen LogP) is 3.69. The Morgan fingerprint density at radius 2 is 1.54 bits per heavy atom. The van der Waals surface area contributed by atoms with Gasteiger partial charge in [0.2, 0.25) is 0 Å². The fourth-order valence-corrected chi connectivity index (χ4v) is 3.77. The predicted molar refractivity (Wildman–Crippen MR) is 131 cm³/mol. The van der Waals surface area contributed by atoms with E-state index in [2.05, 4.69) is 10.4 Å². The van der Waals surface area contributed by atoms with Gasteiger partial charge in [-0.1, -0.05) is 24.3 Å². The summed E-state index contributed by atoms with van der Waals surface area (Å²) in [5.41, 5.74) is 0.639. The van der Waals surface area contributed by atoms with E-state index in [0.717, 1.165) is 11.1 Å². The van der Waals surface area contributed by atoms with Crippen LogP contribution in [0.2, 0.25) is 0 Å². The molecule has 35 heavy (non-hydrogen) atoms. The molecule has 0 bridgehead atoms. The second-order valence-electron chi connectivity index (χ2n) is 10.9. The first-order chi connectivity index (χ1) is 16.3. The van der Waals surface area contributed by atoms with Crippen LogP contribution in [0.25, 0.3) is 0 Å². The van der Waals surface area contributed by atoms with Crippen LogP contribution in [0.3, 0.4) is 0 Å². The molecule has 2 aromatic rings. The molecule has 0 saturated carbocycles. The normalized spacial score (nSPS) is 15.1. The summed E-state index contributed by atoms with van der Waals surface area (Å²) in [6.07, 6.45) is 2.07. The standard InChI is InChI=1S/C25H37N5O5/c1-24(2,3)34-21(31)26-15-18-7-9-19(10-8-18)16-29-17-27-30(22(29)32)20-11-13-28(14-12-20)23(33)35-25(4,5)6/h7-10,17,20H,11-16H2,1-6H3,(H,26,31). The van der Waals surface area contributed by atoms with Crippen molar-refractivity contribution < 1.29 is 19.1 Å². The van der Waals surface area contributed by atoms with Crippen LogP contribution in [0.4, 0.5) is 9.59 Å². The Kier molecular flexibility index (Phi) is 7.92. The van der Waals surface area contributed by atoms with E-state index in [4.69, 9.17) is 9.47 Å². The van der Waals surface area contributed by atoms with E-state index >= 15 is 0 Å². The van der Waals surface area contributed by atoms with Gasteiger partial charge in [-0.2, -0.15) is 5.10 Å². The summed E-state index contributed by atoms with van der Waals surface area (Å²) >= 11 is 0. The van der Waals surface area contributed by atoms with Crippen LogP contribution in [-0.4, -0.2) is 55.7 Å². The van der Waals surface area contributed by atoms with Crippen molar-refractivity contribution in [1.82, 2.24) is 24.6 Å². The minimum absolute atomic E-state index is 0.0521. The monoisotopic (exact) mass is 487 g/mol. The third-order valence-corrected chi connectivity index (χ3v) is 5.43. The first-order valence-corrected chi connectivity index (χ1v) is 12.0. The number of nitrogens with zero attached hydrogens (tertiary/aromatic N) is 4. The average Bonchev–Trinajstić information content (AvgIpc) is 3.11. The van der Waals surface area contributed by atoms with Gasteiger partial charge in [0, 0.05) is 19.6 Å².